The van der Waals surface area contributed by atoms with E-state index < -0.39 is 23.8 Å². The fourth-order valence-electron chi connectivity index (χ4n) is 1.50. The van der Waals surface area contributed by atoms with Crippen LogP contribution in [0.15, 0.2) is 18.2 Å². The van der Waals surface area contributed by atoms with Gasteiger partial charge in [-0.05, 0) is 32.0 Å². The SMILES string of the molecule is CCOC(=O)C(C)Nc1ccc(C(F)(F)F)cc1C#N. The Kier molecular flexibility index (Phi) is 4.97. The average Bonchev–Trinajstić information content (AvgIpc) is 2.38. The summed E-state index contributed by atoms with van der Waals surface area (Å²) in [6, 6.07) is 3.61. The maximum Gasteiger partial charge on any atom is 0.416 e. The van der Waals surface area contributed by atoms with Crippen molar-refractivity contribution in [1.29, 1.82) is 5.26 Å². The molecule has 108 valence electrons. The molecule has 0 aliphatic heterocycles. The van der Waals surface area contributed by atoms with E-state index in [2.05, 4.69) is 5.32 Å². The van der Waals surface area contributed by atoms with Crippen molar-refractivity contribution in [3.63, 3.8) is 0 Å². The highest BCUT2D eigenvalue weighted by Crippen LogP contribution is 2.31. The molecule has 1 aromatic rings. The van der Waals surface area contributed by atoms with Gasteiger partial charge in [0.2, 0.25) is 0 Å². The highest BCUT2D eigenvalue weighted by molar-refractivity contribution is 5.79. The normalized spacial score (nSPS) is 12.4. The predicted octanol–water partition coefficient (Wildman–Crippen LogP) is 2.94. The van der Waals surface area contributed by atoms with Gasteiger partial charge in [-0.15, -0.1) is 0 Å². The van der Waals surface area contributed by atoms with Gasteiger partial charge in [-0.25, -0.2) is 4.79 Å². The third-order valence-corrected chi connectivity index (χ3v) is 2.48. The number of alkyl halides is 3. The summed E-state index contributed by atoms with van der Waals surface area (Å²) in [5.41, 5.74) is -0.944. The molecule has 20 heavy (non-hydrogen) atoms. The van der Waals surface area contributed by atoms with Crippen LogP contribution in [0.2, 0.25) is 0 Å². The Balaban J connectivity index is 2.97. The average molecular weight is 286 g/mol. The van der Waals surface area contributed by atoms with Crippen LogP contribution in [0.25, 0.3) is 0 Å². The predicted molar refractivity (Wildman–Crippen MR) is 65.9 cm³/mol. The number of carbonyl (C=O) groups excluding carboxylic acids is 1. The topological polar surface area (TPSA) is 62.1 Å². The van der Waals surface area contributed by atoms with Gasteiger partial charge in [-0.3, -0.25) is 0 Å². The van der Waals surface area contributed by atoms with Gasteiger partial charge < -0.3 is 10.1 Å². The Morgan fingerprint density at radius 1 is 1.50 bits per heavy atom. The first kappa shape index (κ1) is 15.8. The molecule has 0 amide bonds. The molecule has 0 bridgehead atoms. The van der Waals surface area contributed by atoms with Crippen molar-refractivity contribution >= 4 is 11.7 Å². The van der Waals surface area contributed by atoms with Crippen molar-refractivity contribution in [3.05, 3.63) is 29.3 Å². The number of nitrogens with one attached hydrogen (secondary N) is 1. The molecule has 0 aliphatic rings. The Labute approximate surface area is 114 Å². The van der Waals surface area contributed by atoms with Gasteiger partial charge in [-0.2, -0.15) is 18.4 Å². The maximum atomic E-state index is 12.5. The lowest BCUT2D eigenvalue weighted by atomic mass is 10.1. The first-order valence-electron chi connectivity index (χ1n) is 5.84. The number of hydrogen-bond acceptors (Lipinski definition) is 4. The van der Waals surface area contributed by atoms with Crippen LogP contribution >= 0.6 is 0 Å². The van der Waals surface area contributed by atoms with Gasteiger partial charge in [-0.1, -0.05) is 0 Å². The van der Waals surface area contributed by atoms with E-state index in [4.69, 9.17) is 10.00 Å². The number of benzene rings is 1. The molecule has 0 radical (unpaired) electrons. The van der Waals surface area contributed by atoms with Gasteiger partial charge >= 0.3 is 12.1 Å². The fraction of sp³-hybridized carbons (Fsp3) is 0.385. The minimum atomic E-state index is -4.52. The smallest absolute Gasteiger partial charge is 0.416 e. The molecule has 1 N–H and O–H groups in total. The summed E-state index contributed by atoms with van der Waals surface area (Å²) in [6.07, 6.45) is -4.52. The second-order valence-electron chi connectivity index (χ2n) is 3.99. The van der Waals surface area contributed by atoms with Gasteiger partial charge in [0.25, 0.3) is 0 Å². The van der Waals surface area contributed by atoms with E-state index >= 15 is 0 Å². The highest BCUT2D eigenvalue weighted by Gasteiger charge is 2.31. The molecule has 7 heteroatoms. The Morgan fingerprint density at radius 2 is 2.15 bits per heavy atom. The van der Waals surface area contributed by atoms with E-state index in [9.17, 15) is 18.0 Å². The standard InChI is InChI=1S/C13H13F3N2O2/c1-3-20-12(19)8(2)18-11-5-4-10(13(14,15)16)6-9(11)7-17/h4-6,8,18H,3H2,1-2H3. The number of carbonyl (C=O) groups is 1. The number of anilines is 1. The lowest BCUT2D eigenvalue weighted by Crippen LogP contribution is -2.28. The van der Waals surface area contributed by atoms with Gasteiger partial charge in [0, 0.05) is 0 Å². The summed E-state index contributed by atoms with van der Waals surface area (Å²) in [7, 11) is 0. The zero-order valence-corrected chi connectivity index (χ0v) is 10.9. The Morgan fingerprint density at radius 3 is 2.65 bits per heavy atom. The monoisotopic (exact) mass is 286 g/mol. The van der Waals surface area contributed by atoms with Crippen LogP contribution in [0.3, 0.4) is 0 Å². The van der Waals surface area contributed by atoms with Gasteiger partial charge in [0.1, 0.15) is 12.1 Å². The molecule has 1 unspecified atom stereocenters. The minimum Gasteiger partial charge on any atom is -0.464 e. The molecule has 0 aromatic heterocycles. The van der Waals surface area contributed by atoms with E-state index in [0.717, 1.165) is 18.2 Å². The van der Waals surface area contributed by atoms with E-state index in [1.807, 2.05) is 0 Å². The van der Waals surface area contributed by atoms with Crippen LogP contribution < -0.4 is 5.32 Å². The number of esters is 1. The molecule has 0 heterocycles. The molecule has 0 fully saturated rings. The highest BCUT2D eigenvalue weighted by atomic mass is 19.4. The second kappa shape index (κ2) is 6.28. The van der Waals surface area contributed by atoms with Crippen molar-refractivity contribution in [2.75, 3.05) is 11.9 Å². The third-order valence-electron chi connectivity index (χ3n) is 2.48. The first-order valence-corrected chi connectivity index (χ1v) is 5.84. The van der Waals surface area contributed by atoms with Crippen LogP contribution in [0.1, 0.15) is 25.0 Å². The van der Waals surface area contributed by atoms with Crippen LogP contribution in [0.4, 0.5) is 18.9 Å². The summed E-state index contributed by atoms with van der Waals surface area (Å²) in [4.78, 5) is 11.4. The summed E-state index contributed by atoms with van der Waals surface area (Å²) >= 11 is 0. The molecule has 0 saturated heterocycles. The molecule has 1 rings (SSSR count). The number of rotatable bonds is 4. The summed E-state index contributed by atoms with van der Waals surface area (Å²) in [5, 5.41) is 11.6. The van der Waals surface area contributed by atoms with Crippen molar-refractivity contribution in [2.24, 2.45) is 0 Å². The van der Waals surface area contributed by atoms with E-state index in [1.165, 1.54) is 6.92 Å². The zero-order valence-electron chi connectivity index (χ0n) is 10.9. The molecule has 0 saturated carbocycles. The van der Waals surface area contributed by atoms with E-state index in [1.54, 1.807) is 13.0 Å². The second-order valence-corrected chi connectivity index (χ2v) is 3.99. The van der Waals surface area contributed by atoms with Crippen LogP contribution in [-0.4, -0.2) is 18.6 Å². The number of nitrogens with zero attached hydrogens (tertiary/aromatic N) is 1. The quantitative estimate of drug-likeness (QED) is 0.864. The van der Waals surface area contributed by atoms with E-state index in [-0.39, 0.29) is 17.9 Å². The Hall–Kier alpha value is -2.23. The van der Waals surface area contributed by atoms with Crippen molar-refractivity contribution in [3.8, 4) is 6.07 Å². The Bertz CT molecular complexity index is 535. The first-order chi connectivity index (χ1) is 9.29. The maximum absolute atomic E-state index is 12.5. The van der Waals surface area contributed by atoms with Gasteiger partial charge in [0.15, 0.2) is 0 Å². The lowest BCUT2D eigenvalue weighted by molar-refractivity contribution is -0.143. The summed E-state index contributed by atoms with van der Waals surface area (Å²) in [5.74, 6) is -0.545. The molecular weight excluding hydrogens is 273 g/mol. The largest absolute Gasteiger partial charge is 0.464 e. The van der Waals surface area contributed by atoms with Gasteiger partial charge in [0.05, 0.1) is 23.4 Å². The molecule has 1 aromatic carbocycles. The molecule has 1 atom stereocenters. The summed E-state index contributed by atoms with van der Waals surface area (Å²) < 4.78 is 42.3. The lowest BCUT2D eigenvalue weighted by Gasteiger charge is -2.16. The minimum absolute atomic E-state index is 0.154. The van der Waals surface area contributed by atoms with Crippen molar-refractivity contribution in [1.82, 2.24) is 0 Å². The molecule has 0 spiro atoms. The molecule has 4 nitrogen and oxygen atoms in total. The van der Waals surface area contributed by atoms with Crippen LogP contribution in [0.5, 0.6) is 0 Å². The number of hydrogen-bond donors (Lipinski definition) is 1. The van der Waals surface area contributed by atoms with E-state index in [0.29, 0.717) is 0 Å². The molecular formula is C13H13F3N2O2. The van der Waals surface area contributed by atoms with Crippen molar-refractivity contribution < 1.29 is 22.7 Å². The number of nitriles is 1. The van der Waals surface area contributed by atoms with Crippen LogP contribution in [0, 0.1) is 11.3 Å². The number of halogens is 3. The third kappa shape index (κ3) is 3.88. The fourth-order valence-corrected chi connectivity index (χ4v) is 1.50. The van der Waals surface area contributed by atoms with Crippen molar-refractivity contribution in [2.45, 2.75) is 26.1 Å². The van der Waals surface area contributed by atoms with Crippen LogP contribution in [-0.2, 0) is 15.7 Å². The number of ether oxygens (including phenoxy) is 1. The molecule has 0 aliphatic carbocycles. The summed E-state index contributed by atoms with van der Waals surface area (Å²) in [6.45, 7) is 3.34. The zero-order chi connectivity index (χ0) is 15.3.